The van der Waals surface area contributed by atoms with Crippen LogP contribution in [-0.4, -0.2) is 8.42 Å². The van der Waals surface area contributed by atoms with Crippen molar-refractivity contribution < 1.29 is 8.42 Å². The maximum Gasteiger partial charge on any atom is 0.214 e. The van der Waals surface area contributed by atoms with Crippen LogP contribution in [0, 0.1) is 13.8 Å². The average Bonchev–Trinajstić information content (AvgIpc) is 2.71. The molecule has 0 saturated heterocycles. The quantitative estimate of drug-likeness (QED) is 0.487. The molecule has 0 bridgehead atoms. The van der Waals surface area contributed by atoms with E-state index in [0.717, 1.165) is 16.7 Å². The molecule has 0 spiro atoms. The number of aryl methyl sites for hydroxylation is 2. The summed E-state index contributed by atoms with van der Waals surface area (Å²) in [4.78, 5) is 0.480. The third-order valence-corrected chi connectivity index (χ3v) is 6.42. The zero-order valence-corrected chi connectivity index (χ0v) is 17.3. The molecule has 0 atom stereocenters. The minimum Gasteiger partial charge on any atom is -0.218 e. The molecule has 0 fully saturated rings. The van der Waals surface area contributed by atoms with Crippen LogP contribution in [0.3, 0.4) is 0 Å². The van der Waals surface area contributed by atoms with Crippen LogP contribution >= 0.6 is 0 Å². The lowest BCUT2D eigenvalue weighted by molar-refractivity contribution is 0.606. The molecule has 0 heterocycles. The number of benzene rings is 3. The van der Waals surface area contributed by atoms with Gasteiger partial charge >= 0.3 is 0 Å². The Labute approximate surface area is 167 Å². The van der Waals surface area contributed by atoms with Crippen molar-refractivity contribution in [3.63, 3.8) is 0 Å². The van der Waals surface area contributed by atoms with Crippen molar-refractivity contribution >= 4 is 20.3 Å². The highest BCUT2D eigenvalue weighted by Crippen LogP contribution is 2.29. The van der Waals surface area contributed by atoms with Crippen molar-refractivity contribution in [3.05, 3.63) is 107 Å². The lowest BCUT2D eigenvalue weighted by Gasteiger charge is -2.10. The first-order valence-electron chi connectivity index (χ1n) is 9.36. The van der Waals surface area contributed by atoms with E-state index in [9.17, 15) is 8.42 Å². The third-order valence-electron chi connectivity index (χ3n) is 4.65. The number of hydrogen-bond acceptors (Lipinski definition) is 2. The number of allylic oxidation sites excluding steroid dienone is 1. The van der Waals surface area contributed by atoms with E-state index in [-0.39, 0.29) is 9.80 Å². The Hall–Kier alpha value is -2.87. The van der Waals surface area contributed by atoms with Gasteiger partial charge in [0, 0.05) is 11.1 Å². The predicted molar refractivity (Wildman–Crippen MR) is 117 cm³/mol. The van der Waals surface area contributed by atoms with Gasteiger partial charge in [-0.3, -0.25) is 0 Å². The van der Waals surface area contributed by atoms with E-state index in [1.165, 1.54) is 5.56 Å². The second kappa shape index (κ2) is 8.43. The van der Waals surface area contributed by atoms with Gasteiger partial charge < -0.3 is 0 Å². The monoisotopic (exact) mass is 388 g/mol. The highest BCUT2D eigenvalue weighted by atomic mass is 32.2. The highest BCUT2D eigenvalue weighted by Gasteiger charge is 2.22. The Bertz CT molecular complexity index is 1120. The van der Waals surface area contributed by atoms with Crippen molar-refractivity contribution in [2.75, 3.05) is 0 Å². The first-order chi connectivity index (χ1) is 13.4. The molecular formula is C25H24O2S. The number of hydrogen-bond donors (Lipinski definition) is 0. The molecule has 2 nitrogen and oxygen atoms in total. The van der Waals surface area contributed by atoms with Gasteiger partial charge in [0.15, 0.2) is 0 Å². The molecule has 28 heavy (non-hydrogen) atoms. The van der Waals surface area contributed by atoms with Crippen LogP contribution in [0.1, 0.15) is 35.6 Å². The minimum atomic E-state index is -3.70. The maximum atomic E-state index is 13.4. The summed E-state index contributed by atoms with van der Waals surface area (Å²) in [6, 6.07) is 24.2. The van der Waals surface area contributed by atoms with Crippen molar-refractivity contribution in [2.45, 2.75) is 32.1 Å². The molecule has 0 N–H and O–H groups in total. The van der Waals surface area contributed by atoms with Gasteiger partial charge in [-0.25, -0.2) is 8.42 Å². The van der Waals surface area contributed by atoms with E-state index in [0.29, 0.717) is 12.0 Å². The van der Waals surface area contributed by atoms with Crippen molar-refractivity contribution in [2.24, 2.45) is 0 Å². The molecule has 3 heteroatoms. The normalized spacial score (nSPS) is 11.0. The standard InChI is InChI=1S/C25H24O2S/c1-4-21(22-14-10-19(2)11-15-22)18-25(23-16-12-20(3)13-17-23)28(26,27)24-8-6-5-7-9-24/h5-17H,4H2,1-3H3. The van der Waals surface area contributed by atoms with Crippen LogP contribution in [0.5, 0.6) is 0 Å². The van der Waals surface area contributed by atoms with Gasteiger partial charge in [-0.05, 0) is 38.0 Å². The number of rotatable bonds is 5. The van der Waals surface area contributed by atoms with E-state index in [1.807, 2.05) is 75.4 Å². The van der Waals surface area contributed by atoms with Crippen molar-refractivity contribution in [1.29, 1.82) is 0 Å². The van der Waals surface area contributed by atoms with E-state index in [4.69, 9.17) is 0 Å². The topological polar surface area (TPSA) is 34.1 Å². The molecule has 0 amide bonds. The number of sulfone groups is 1. The van der Waals surface area contributed by atoms with E-state index >= 15 is 0 Å². The molecule has 142 valence electrons. The fraction of sp³-hybridized carbons (Fsp3) is 0.160. The molecule has 0 aliphatic rings. The van der Waals surface area contributed by atoms with Crippen molar-refractivity contribution in [1.82, 2.24) is 0 Å². The predicted octanol–water partition coefficient (Wildman–Crippen LogP) is 6.21. The molecule has 3 aromatic rings. The van der Waals surface area contributed by atoms with Crippen LogP contribution in [-0.2, 0) is 9.84 Å². The molecule has 0 unspecified atom stereocenters. The first kappa shape index (κ1) is 19.9. The molecule has 0 saturated carbocycles. The van der Waals surface area contributed by atoms with E-state index in [1.54, 1.807) is 24.3 Å². The Morgan fingerprint density at radius 3 is 1.75 bits per heavy atom. The molecule has 0 aliphatic carbocycles. The molecule has 0 aromatic heterocycles. The van der Waals surface area contributed by atoms with Crippen LogP contribution < -0.4 is 0 Å². The Morgan fingerprint density at radius 1 is 0.750 bits per heavy atom. The Kier molecular flexibility index (Phi) is 5.99. The second-order valence-electron chi connectivity index (χ2n) is 6.83. The van der Waals surface area contributed by atoms with Crippen LogP contribution in [0.4, 0.5) is 0 Å². The Balaban J connectivity index is 2.31. The van der Waals surface area contributed by atoms with Gasteiger partial charge in [-0.2, -0.15) is 0 Å². The van der Waals surface area contributed by atoms with Crippen molar-refractivity contribution in [3.8, 4) is 0 Å². The van der Waals surface area contributed by atoms with Gasteiger partial charge in [-0.1, -0.05) is 90.5 Å². The fourth-order valence-corrected chi connectivity index (χ4v) is 4.43. The summed E-state index contributed by atoms with van der Waals surface area (Å²) in [7, 11) is -3.70. The molecule has 0 radical (unpaired) electrons. The summed E-state index contributed by atoms with van der Waals surface area (Å²) >= 11 is 0. The minimum absolute atomic E-state index is 0.205. The van der Waals surface area contributed by atoms with E-state index < -0.39 is 9.84 Å². The largest absolute Gasteiger partial charge is 0.218 e. The summed E-state index contributed by atoms with van der Waals surface area (Å²) < 4.78 is 26.9. The summed E-state index contributed by atoms with van der Waals surface area (Å²) in [5, 5.41) is 0. The summed E-state index contributed by atoms with van der Waals surface area (Å²) in [6.45, 7) is 6.04. The molecular weight excluding hydrogens is 364 g/mol. The highest BCUT2D eigenvalue weighted by molar-refractivity contribution is 8.00. The summed E-state index contributed by atoms with van der Waals surface area (Å²) in [5.41, 5.74) is 8.01. The zero-order chi connectivity index (χ0) is 20.1. The molecule has 0 aliphatic heterocycles. The zero-order valence-electron chi connectivity index (χ0n) is 16.4. The van der Waals surface area contributed by atoms with Crippen LogP contribution in [0.25, 0.3) is 10.5 Å². The molecule has 3 aromatic carbocycles. The lowest BCUT2D eigenvalue weighted by atomic mass is 10.0. The van der Waals surface area contributed by atoms with Gasteiger partial charge in [0.2, 0.25) is 9.84 Å². The second-order valence-corrected chi connectivity index (χ2v) is 8.72. The fourth-order valence-electron chi connectivity index (χ4n) is 2.97. The molecule has 3 rings (SSSR count). The van der Waals surface area contributed by atoms with Crippen LogP contribution in [0.15, 0.2) is 89.5 Å². The average molecular weight is 389 g/mol. The smallest absolute Gasteiger partial charge is 0.214 e. The van der Waals surface area contributed by atoms with Crippen LogP contribution in [0.2, 0.25) is 0 Å². The SMILES string of the molecule is CCC(=C=C(c1ccc(C)cc1)S(=O)(=O)c1ccccc1)c1ccc(C)cc1. The maximum absolute atomic E-state index is 13.4. The lowest BCUT2D eigenvalue weighted by Crippen LogP contribution is -2.04. The first-order valence-corrected chi connectivity index (χ1v) is 10.8. The van der Waals surface area contributed by atoms with E-state index in [2.05, 4.69) is 5.73 Å². The van der Waals surface area contributed by atoms with Gasteiger partial charge in [-0.15, -0.1) is 0 Å². The summed E-state index contributed by atoms with van der Waals surface area (Å²) in [6.07, 6.45) is 0.683. The van der Waals surface area contributed by atoms with Gasteiger partial charge in [0.25, 0.3) is 0 Å². The Morgan fingerprint density at radius 2 is 1.25 bits per heavy atom. The van der Waals surface area contributed by atoms with Gasteiger partial charge in [0.1, 0.15) is 4.91 Å². The van der Waals surface area contributed by atoms with Gasteiger partial charge in [0.05, 0.1) is 4.90 Å². The third kappa shape index (κ3) is 4.33. The summed E-state index contributed by atoms with van der Waals surface area (Å²) in [5.74, 6) is 0.